The van der Waals surface area contributed by atoms with Crippen molar-refractivity contribution in [2.45, 2.75) is 0 Å². The Morgan fingerprint density at radius 2 is 1.17 bits per heavy atom. The average molecular weight is 635 g/mol. The minimum Gasteiger partial charge on any atom is -0.456 e. The Bertz CT molecular complexity index is 2760. The first kappa shape index (κ1) is 27.0. The molecule has 10 rings (SSSR count). The minimum absolute atomic E-state index is 0.645. The zero-order chi connectivity index (χ0) is 31.6. The third-order valence-electron chi connectivity index (χ3n) is 9.11. The van der Waals surface area contributed by atoms with Crippen LogP contribution in [-0.2, 0) is 0 Å². The molecule has 48 heavy (non-hydrogen) atoms. The zero-order valence-corrected chi connectivity index (χ0v) is 26.4. The second-order valence-electron chi connectivity index (χ2n) is 12.0. The predicted molar refractivity (Wildman–Crippen MR) is 200 cm³/mol. The molecule has 7 aromatic carbocycles. The molecule has 0 aliphatic rings. The number of hydrogen-bond donors (Lipinski definition) is 0. The number of anilines is 3. The lowest BCUT2D eigenvalue weighted by molar-refractivity contribution is 0.620. The van der Waals surface area contributed by atoms with E-state index in [1.807, 2.05) is 36.4 Å². The number of hydrogen-bond acceptors (Lipinski definition) is 5. The summed E-state index contributed by atoms with van der Waals surface area (Å²) in [5.41, 5.74) is 10.0. The predicted octanol–water partition coefficient (Wildman–Crippen LogP) is 12.9. The summed E-state index contributed by atoms with van der Waals surface area (Å²) in [4.78, 5) is 7.17. The van der Waals surface area contributed by atoms with Crippen LogP contribution in [0.5, 0.6) is 0 Å². The molecule has 0 bridgehead atoms. The van der Waals surface area contributed by atoms with Gasteiger partial charge in [0.1, 0.15) is 16.7 Å². The molecule has 0 amide bonds. The molecule has 4 nitrogen and oxygen atoms in total. The fourth-order valence-corrected chi connectivity index (χ4v) is 8.02. The summed E-state index contributed by atoms with van der Waals surface area (Å²) in [7, 11) is 0. The summed E-state index contributed by atoms with van der Waals surface area (Å²) in [6.07, 6.45) is 0. The largest absolute Gasteiger partial charge is 0.456 e. The smallest absolute Gasteiger partial charge is 0.227 e. The van der Waals surface area contributed by atoms with Crippen LogP contribution in [0.2, 0.25) is 0 Å². The molecule has 0 fully saturated rings. The lowest BCUT2D eigenvalue weighted by Gasteiger charge is -2.26. The average Bonchev–Trinajstić information content (AvgIpc) is 3.85. The van der Waals surface area contributed by atoms with Gasteiger partial charge in [-0.1, -0.05) is 84.9 Å². The van der Waals surface area contributed by atoms with Gasteiger partial charge in [-0.2, -0.15) is 0 Å². The number of furan rings is 1. The molecule has 10 aromatic rings. The summed E-state index contributed by atoms with van der Waals surface area (Å²) >= 11 is 1.79. The number of nitrogens with zero attached hydrogens (tertiary/aromatic N) is 2. The van der Waals surface area contributed by atoms with E-state index in [1.54, 1.807) is 11.3 Å². The van der Waals surface area contributed by atoms with Gasteiger partial charge < -0.3 is 13.7 Å². The topological polar surface area (TPSA) is 42.4 Å². The zero-order valence-electron chi connectivity index (χ0n) is 25.6. The molecule has 0 aliphatic carbocycles. The van der Waals surface area contributed by atoms with Crippen molar-refractivity contribution in [3.05, 3.63) is 158 Å². The Morgan fingerprint density at radius 3 is 2.04 bits per heavy atom. The third kappa shape index (κ3) is 4.33. The Kier molecular flexibility index (Phi) is 6.01. The van der Waals surface area contributed by atoms with Crippen LogP contribution in [-0.4, -0.2) is 4.98 Å². The van der Waals surface area contributed by atoms with Crippen molar-refractivity contribution in [2.24, 2.45) is 0 Å². The molecule has 0 saturated carbocycles. The molecule has 0 atom stereocenters. The Hall–Kier alpha value is -6.17. The van der Waals surface area contributed by atoms with E-state index in [0.29, 0.717) is 5.89 Å². The van der Waals surface area contributed by atoms with Gasteiger partial charge >= 0.3 is 0 Å². The van der Waals surface area contributed by atoms with Gasteiger partial charge in [0.2, 0.25) is 5.89 Å². The molecule has 0 unspecified atom stereocenters. The number of rotatable bonds is 5. The van der Waals surface area contributed by atoms with Gasteiger partial charge in [-0.15, -0.1) is 11.3 Å². The summed E-state index contributed by atoms with van der Waals surface area (Å²) in [5.74, 6) is 0.645. The normalized spacial score (nSPS) is 11.8. The first-order valence-electron chi connectivity index (χ1n) is 15.9. The van der Waals surface area contributed by atoms with Crippen molar-refractivity contribution < 1.29 is 8.83 Å². The van der Waals surface area contributed by atoms with Crippen LogP contribution >= 0.6 is 11.3 Å². The molecular formula is C43H26N2O2S. The van der Waals surface area contributed by atoms with Crippen molar-refractivity contribution in [3.63, 3.8) is 0 Å². The van der Waals surface area contributed by atoms with Crippen LogP contribution in [0.4, 0.5) is 17.1 Å². The van der Waals surface area contributed by atoms with E-state index in [4.69, 9.17) is 13.8 Å². The van der Waals surface area contributed by atoms with Gasteiger partial charge in [0.25, 0.3) is 0 Å². The van der Waals surface area contributed by atoms with Gasteiger partial charge in [0.05, 0.1) is 0 Å². The van der Waals surface area contributed by atoms with E-state index < -0.39 is 0 Å². The minimum atomic E-state index is 0.645. The second-order valence-corrected chi connectivity index (χ2v) is 13.1. The third-order valence-corrected chi connectivity index (χ3v) is 10.2. The highest BCUT2D eigenvalue weighted by molar-refractivity contribution is 7.26. The first-order chi connectivity index (χ1) is 23.8. The van der Waals surface area contributed by atoms with Gasteiger partial charge in [0, 0.05) is 53.6 Å². The summed E-state index contributed by atoms with van der Waals surface area (Å²) in [6, 6.07) is 55.1. The second kappa shape index (κ2) is 10.7. The fourth-order valence-electron chi connectivity index (χ4n) is 6.85. The van der Waals surface area contributed by atoms with Gasteiger partial charge in [-0.3, -0.25) is 0 Å². The first-order valence-corrected chi connectivity index (χ1v) is 16.8. The van der Waals surface area contributed by atoms with Gasteiger partial charge in [-0.25, -0.2) is 4.98 Å². The molecule has 226 valence electrons. The summed E-state index contributed by atoms with van der Waals surface area (Å²) in [5, 5.41) is 4.56. The van der Waals surface area contributed by atoms with Crippen LogP contribution in [0.1, 0.15) is 0 Å². The Morgan fingerprint density at radius 1 is 0.458 bits per heavy atom. The highest BCUT2D eigenvalue weighted by atomic mass is 32.1. The molecule has 0 saturated heterocycles. The standard InChI is InChI=1S/C43H26N2O2S/c1-2-9-27(10-3-1)28-17-19-29(20-18-28)45(30-22-24-38-35(25-30)32-11-4-6-14-37(32)46-38)31-21-23-33-41(26-31)48-40-16-8-12-34(42(33)40)43-44-36-13-5-7-15-39(36)47-43/h1-26H. The number of fused-ring (bicyclic) bond motifs is 7. The van der Waals surface area contributed by atoms with Crippen LogP contribution in [0.15, 0.2) is 167 Å². The van der Waals surface area contributed by atoms with Gasteiger partial charge in [-0.05, 0) is 83.9 Å². The van der Waals surface area contributed by atoms with Crippen LogP contribution in [0, 0.1) is 0 Å². The van der Waals surface area contributed by atoms with E-state index in [1.165, 1.54) is 31.3 Å². The van der Waals surface area contributed by atoms with Crippen molar-refractivity contribution in [2.75, 3.05) is 4.90 Å². The maximum Gasteiger partial charge on any atom is 0.227 e. The number of aromatic nitrogens is 1. The molecule has 0 aliphatic heterocycles. The highest BCUT2D eigenvalue weighted by Gasteiger charge is 2.19. The van der Waals surface area contributed by atoms with Crippen LogP contribution in [0.3, 0.4) is 0 Å². The molecular weight excluding hydrogens is 609 g/mol. The lowest BCUT2D eigenvalue weighted by atomic mass is 10.0. The van der Waals surface area contributed by atoms with E-state index in [0.717, 1.165) is 55.7 Å². The maximum atomic E-state index is 6.24. The molecule has 0 radical (unpaired) electrons. The summed E-state index contributed by atoms with van der Waals surface area (Å²) < 4.78 is 14.8. The lowest BCUT2D eigenvalue weighted by Crippen LogP contribution is -2.09. The molecule has 5 heteroatoms. The van der Waals surface area contributed by atoms with Crippen molar-refractivity contribution >= 4 is 81.6 Å². The van der Waals surface area contributed by atoms with Crippen LogP contribution < -0.4 is 4.90 Å². The number of thiophene rings is 1. The fraction of sp³-hybridized carbons (Fsp3) is 0. The van der Waals surface area contributed by atoms with Crippen molar-refractivity contribution in [3.8, 4) is 22.6 Å². The highest BCUT2D eigenvalue weighted by Crippen LogP contribution is 2.45. The van der Waals surface area contributed by atoms with E-state index in [2.05, 4.69) is 126 Å². The van der Waals surface area contributed by atoms with Crippen molar-refractivity contribution in [1.82, 2.24) is 4.98 Å². The number of oxazole rings is 1. The summed E-state index contributed by atoms with van der Waals surface area (Å²) in [6.45, 7) is 0. The molecule has 3 aromatic heterocycles. The number of para-hydroxylation sites is 3. The van der Waals surface area contributed by atoms with E-state index >= 15 is 0 Å². The monoisotopic (exact) mass is 634 g/mol. The maximum absolute atomic E-state index is 6.24. The quantitative estimate of drug-likeness (QED) is 0.189. The molecule has 0 spiro atoms. The van der Waals surface area contributed by atoms with Gasteiger partial charge in [0.15, 0.2) is 5.58 Å². The molecule has 3 heterocycles. The Labute approximate surface area is 279 Å². The SMILES string of the molecule is c1ccc(-c2ccc(N(c3ccc4c(c3)sc3cccc(-c5nc6ccccc6o5)c34)c3ccc4oc5ccccc5c4c3)cc2)cc1. The van der Waals surface area contributed by atoms with Crippen LogP contribution in [0.25, 0.3) is 75.8 Å². The molecule has 0 N–H and O–H groups in total. The van der Waals surface area contributed by atoms with E-state index in [-0.39, 0.29) is 0 Å². The van der Waals surface area contributed by atoms with Crippen molar-refractivity contribution in [1.29, 1.82) is 0 Å². The van der Waals surface area contributed by atoms with E-state index in [9.17, 15) is 0 Å². The number of benzene rings is 7. The Balaban J connectivity index is 1.15.